The number of aromatic amines is 1. The quantitative estimate of drug-likeness (QED) is 0.664. The SMILES string of the molecule is CN(C(=O)c1c[nH]c2ccc([N+](=O)[O-])cc12)C1CCC(CO)CC1. The highest BCUT2D eigenvalue weighted by Crippen LogP contribution is 2.29. The molecule has 0 spiro atoms. The van der Waals surface area contributed by atoms with Gasteiger partial charge in [0.05, 0.1) is 10.5 Å². The standard InChI is InChI=1S/C17H21N3O4/c1-19(12-4-2-11(10-21)3-5-12)17(22)15-9-18-16-7-6-13(20(23)24)8-14(15)16/h6-9,11-12,18,21H,2-5,10H2,1H3. The Hall–Kier alpha value is -2.41. The van der Waals surface area contributed by atoms with Crippen LogP contribution >= 0.6 is 0 Å². The van der Waals surface area contributed by atoms with E-state index in [-0.39, 0.29) is 24.2 Å². The Kier molecular flexibility index (Phi) is 4.53. The molecule has 0 saturated heterocycles. The van der Waals surface area contributed by atoms with E-state index in [0.717, 1.165) is 25.7 Å². The molecule has 24 heavy (non-hydrogen) atoms. The molecule has 1 amide bonds. The summed E-state index contributed by atoms with van der Waals surface area (Å²) in [5.74, 6) is 0.203. The molecule has 3 rings (SSSR count). The van der Waals surface area contributed by atoms with Gasteiger partial charge in [-0.3, -0.25) is 14.9 Å². The van der Waals surface area contributed by atoms with Crippen molar-refractivity contribution in [2.45, 2.75) is 31.7 Å². The Morgan fingerprint density at radius 1 is 1.38 bits per heavy atom. The summed E-state index contributed by atoms with van der Waals surface area (Å²) in [4.78, 5) is 28.1. The lowest BCUT2D eigenvalue weighted by Gasteiger charge is -2.34. The van der Waals surface area contributed by atoms with E-state index in [0.29, 0.717) is 22.4 Å². The number of nitro benzene ring substituents is 1. The van der Waals surface area contributed by atoms with Gasteiger partial charge in [-0.05, 0) is 37.7 Å². The van der Waals surface area contributed by atoms with Crippen LogP contribution in [-0.2, 0) is 0 Å². The van der Waals surface area contributed by atoms with Gasteiger partial charge in [0, 0.05) is 48.9 Å². The van der Waals surface area contributed by atoms with Gasteiger partial charge >= 0.3 is 0 Å². The van der Waals surface area contributed by atoms with Gasteiger partial charge in [-0.2, -0.15) is 0 Å². The highest BCUT2D eigenvalue weighted by Gasteiger charge is 2.28. The Morgan fingerprint density at radius 2 is 2.08 bits per heavy atom. The van der Waals surface area contributed by atoms with Crippen molar-refractivity contribution in [2.24, 2.45) is 5.92 Å². The molecule has 0 aliphatic heterocycles. The van der Waals surface area contributed by atoms with Crippen LogP contribution in [0.4, 0.5) is 5.69 Å². The van der Waals surface area contributed by atoms with E-state index >= 15 is 0 Å². The second-order valence-corrected chi connectivity index (χ2v) is 6.46. The second kappa shape index (κ2) is 6.60. The zero-order chi connectivity index (χ0) is 17.3. The normalized spacial score (nSPS) is 20.9. The number of rotatable bonds is 4. The minimum absolute atomic E-state index is 0.0257. The van der Waals surface area contributed by atoms with E-state index in [2.05, 4.69) is 4.98 Å². The lowest BCUT2D eigenvalue weighted by Crippen LogP contribution is -2.39. The van der Waals surface area contributed by atoms with Crippen LogP contribution in [0.3, 0.4) is 0 Å². The number of carbonyl (C=O) groups excluding carboxylic acids is 1. The number of nitrogens with zero attached hydrogens (tertiary/aromatic N) is 2. The van der Waals surface area contributed by atoms with Crippen molar-refractivity contribution in [1.29, 1.82) is 0 Å². The molecule has 1 aromatic heterocycles. The summed E-state index contributed by atoms with van der Waals surface area (Å²) in [5, 5.41) is 20.8. The lowest BCUT2D eigenvalue weighted by atomic mass is 9.86. The Morgan fingerprint density at radius 3 is 2.71 bits per heavy atom. The third-order valence-corrected chi connectivity index (χ3v) is 5.05. The number of amides is 1. The van der Waals surface area contributed by atoms with Gasteiger partial charge in [0.1, 0.15) is 0 Å². The summed E-state index contributed by atoms with van der Waals surface area (Å²) in [6.07, 6.45) is 5.19. The molecule has 128 valence electrons. The van der Waals surface area contributed by atoms with Crippen molar-refractivity contribution in [3.8, 4) is 0 Å². The number of fused-ring (bicyclic) bond motifs is 1. The number of nitrogens with one attached hydrogen (secondary N) is 1. The second-order valence-electron chi connectivity index (χ2n) is 6.46. The molecular formula is C17H21N3O4. The molecule has 2 N–H and O–H groups in total. The maximum atomic E-state index is 12.8. The third kappa shape index (κ3) is 2.99. The summed E-state index contributed by atoms with van der Waals surface area (Å²) in [7, 11) is 1.78. The highest BCUT2D eigenvalue weighted by atomic mass is 16.6. The number of carbonyl (C=O) groups is 1. The van der Waals surface area contributed by atoms with E-state index in [4.69, 9.17) is 0 Å². The smallest absolute Gasteiger partial charge is 0.270 e. The van der Waals surface area contributed by atoms with Crippen LogP contribution in [0, 0.1) is 16.0 Å². The van der Waals surface area contributed by atoms with Crippen LogP contribution in [-0.4, -0.2) is 45.5 Å². The molecule has 2 aromatic rings. The van der Waals surface area contributed by atoms with Gasteiger partial charge < -0.3 is 15.0 Å². The third-order valence-electron chi connectivity index (χ3n) is 5.05. The molecule has 1 saturated carbocycles. The Balaban J connectivity index is 1.83. The van der Waals surface area contributed by atoms with Gasteiger partial charge in [-0.15, -0.1) is 0 Å². The molecule has 0 unspecified atom stereocenters. The van der Waals surface area contributed by atoms with Gasteiger partial charge in [-0.1, -0.05) is 0 Å². The summed E-state index contributed by atoms with van der Waals surface area (Å²) in [6.45, 7) is 0.205. The predicted molar refractivity (Wildman–Crippen MR) is 89.9 cm³/mol. The van der Waals surface area contributed by atoms with Crippen molar-refractivity contribution in [1.82, 2.24) is 9.88 Å². The van der Waals surface area contributed by atoms with Crippen LogP contribution in [0.2, 0.25) is 0 Å². The minimum atomic E-state index is -0.458. The predicted octanol–water partition coefficient (Wildman–Crippen LogP) is 2.70. The number of aliphatic hydroxyl groups excluding tert-OH is 1. The first-order valence-corrected chi connectivity index (χ1v) is 8.14. The number of aliphatic hydroxyl groups is 1. The number of hydrogen-bond acceptors (Lipinski definition) is 4. The fraction of sp³-hybridized carbons (Fsp3) is 0.471. The van der Waals surface area contributed by atoms with E-state index < -0.39 is 4.92 Å². The number of nitro groups is 1. The van der Waals surface area contributed by atoms with Crippen LogP contribution < -0.4 is 0 Å². The number of benzene rings is 1. The number of non-ortho nitro benzene ring substituents is 1. The largest absolute Gasteiger partial charge is 0.396 e. The zero-order valence-electron chi connectivity index (χ0n) is 13.6. The van der Waals surface area contributed by atoms with Crippen LogP contribution in [0.5, 0.6) is 0 Å². The number of hydrogen-bond donors (Lipinski definition) is 2. The average molecular weight is 331 g/mol. The van der Waals surface area contributed by atoms with Gasteiger partial charge in [0.15, 0.2) is 0 Å². The minimum Gasteiger partial charge on any atom is -0.396 e. The maximum Gasteiger partial charge on any atom is 0.270 e. The van der Waals surface area contributed by atoms with Crippen molar-refractivity contribution in [3.63, 3.8) is 0 Å². The van der Waals surface area contributed by atoms with Gasteiger partial charge in [0.25, 0.3) is 11.6 Å². The fourth-order valence-electron chi connectivity index (χ4n) is 3.47. The molecule has 0 atom stereocenters. The Bertz CT molecular complexity index is 762. The monoisotopic (exact) mass is 331 g/mol. The molecule has 0 bridgehead atoms. The summed E-state index contributed by atoms with van der Waals surface area (Å²) < 4.78 is 0. The van der Waals surface area contributed by atoms with Crippen molar-refractivity contribution < 1.29 is 14.8 Å². The molecule has 0 radical (unpaired) electrons. The topological polar surface area (TPSA) is 99.5 Å². The van der Waals surface area contributed by atoms with Gasteiger partial charge in [-0.25, -0.2) is 0 Å². The van der Waals surface area contributed by atoms with E-state index in [9.17, 15) is 20.0 Å². The molecule has 1 aromatic carbocycles. The summed E-state index contributed by atoms with van der Waals surface area (Å²) in [5.41, 5.74) is 1.14. The van der Waals surface area contributed by atoms with Crippen LogP contribution in [0.15, 0.2) is 24.4 Å². The molecule has 1 heterocycles. The molecule has 1 aliphatic rings. The van der Waals surface area contributed by atoms with Crippen molar-refractivity contribution in [2.75, 3.05) is 13.7 Å². The molecular weight excluding hydrogens is 310 g/mol. The first kappa shape index (κ1) is 16.4. The fourth-order valence-corrected chi connectivity index (χ4v) is 3.47. The summed E-state index contributed by atoms with van der Waals surface area (Å²) in [6, 6.07) is 4.63. The number of aromatic nitrogens is 1. The van der Waals surface area contributed by atoms with E-state index in [1.165, 1.54) is 12.1 Å². The molecule has 1 aliphatic carbocycles. The molecule has 7 nitrogen and oxygen atoms in total. The average Bonchev–Trinajstić information content (AvgIpc) is 3.03. The molecule has 7 heteroatoms. The van der Waals surface area contributed by atoms with Gasteiger partial charge in [0.2, 0.25) is 0 Å². The maximum absolute atomic E-state index is 12.8. The highest BCUT2D eigenvalue weighted by molar-refractivity contribution is 6.07. The zero-order valence-corrected chi connectivity index (χ0v) is 13.6. The lowest BCUT2D eigenvalue weighted by molar-refractivity contribution is -0.384. The van der Waals surface area contributed by atoms with E-state index in [1.807, 2.05) is 0 Å². The molecule has 1 fully saturated rings. The number of H-pyrrole nitrogens is 1. The van der Waals surface area contributed by atoms with Crippen molar-refractivity contribution in [3.05, 3.63) is 40.1 Å². The Labute approximate surface area is 139 Å². The van der Waals surface area contributed by atoms with Crippen molar-refractivity contribution >= 4 is 22.5 Å². The first-order chi connectivity index (χ1) is 11.5. The summed E-state index contributed by atoms with van der Waals surface area (Å²) >= 11 is 0. The van der Waals surface area contributed by atoms with Crippen LogP contribution in [0.25, 0.3) is 10.9 Å². The first-order valence-electron chi connectivity index (χ1n) is 8.14. The van der Waals surface area contributed by atoms with E-state index in [1.54, 1.807) is 24.2 Å². The van der Waals surface area contributed by atoms with Crippen LogP contribution in [0.1, 0.15) is 36.0 Å².